The van der Waals surface area contributed by atoms with Crippen LogP contribution in [0.4, 0.5) is 30.7 Å². The molecule has 0 heterocycles. The van der Waals surface area contributed by atoms with Gasteiger partial charge in [-0.2, -0.15) is 30.7 Å². The Hall–Kier alpha value is -0.240. The van der Waals surface area contributed by atoms with Gasteiger partial charge in [0.25, 0.3) is 0 Å². The molecule has 0 spiro atoms. The van der Waals surface area contributed by atoms with Crippen LogP contribution in [0.1, 0.15) is 32.1 Å². The van der Waals surface area contributed by atoms with Crippen LogP contribution in [0.15, 0.2) is 0 Å². The molecule has 0 aliphatic heterocycles. The van der Waals surface area contributed by atoms with E-state index in [4.69, 9.17) is 5.73 Å². The van der Waals surface area contributed by atoms with Gasteiger partial charge in [0.1, 0.15) is 0 Å². The molecule has 0 saturated heterocycles. The summed E-state index contributed by atoms with van der Waals surface area (Å²) in [5.41, 5.74) is 4.98. The van der Waals surface area contributed by atoms with Crippen LogP contribution in [0.5, 0.6) is 0 Å². The third-order valence-electron chi connectivity index (χ3n) is 3.35. The molecule has 1 atom stereocenters. The van der Waals surface area contributed by atoms with Crippen molar-refractivity contribution in [3.63, 3.8) is 0 Å². The summed E-state index contributed by atoms with van der Waals surface area (Å²) in [5, 5.41) is 0. The molecule has 9 heteroatoms. The van der Waals surface area contributed by atoms with Gasteiger partial charge < -0.3 is 5.73 Å². The maximum Gasteiger partial charge on any atom is 0.459 e. The monoisotopic (exact) mass is 317 g/mol. The summed E-state index contributed by atoms with van der Waals surface area (Å²) < 4.78 is 88.0. The number of rotatable bonds is 3. The van der Waals surface area contributed by atoms with Gasteiger partial charge in [-0.1, -0.05) is 19.3 Å². The average Bonchev–Trinajstić information content (AvgIpc) is 2.27. The summed E-state index contributed by atoms with van der Waals surface area (Å²) in [7, 11) is 0. The Morgan fingerprint density at radius 3 is 1.63 bits per heavy atom. The first kappa shape index (κ1) is 18.8. The van der Waals surface area contributed by atoms with E-state index in [9.17, 15) is 30.7 Å². The Balaban J connectivity index is 0.00000324. The van der Waals surface area contributed by atoms with Crippen molar-refractivity contribution in [2.75, 3.05) is 0 Å². The lowest BCUT2D eigenvalue weighted by atomic mass is 9.80. The van der Waals surface area contributed by atoms with Gasteiger partial charge in [-0.15, -0.1) is 12.4 Å². The van der Waals surface area contributed by atoms with Crippen molar-refractivity contribution in [3.05, 3.63) is 0 Å². The van der Waals surface area contributed by atoms with E-state index in [-0.39, 0.29) is 25.2 Å². The van der Waals surface area contributed by atoms with Crippen molar-refractivity contribution in [1.29, 1.82) is 0 Å². The number of hydrogen-bond donors (Lipinski definition) is 1. The molecule has 0 unspecified atom stereocenters. The Bertz CT molecular complexity index is 286. The molecular formula is C10H15ClF7N. The standard InChI is InChI=1S/C10H14F7N.ClH/c11-8(12,9(13,14)10(15,16)17)7(18)6-4-2-1-3-5-6;/h6-7H,1-5,18H2;1H/t7-;/m0./s1. The van der Waals surface area contributed by atoms with E-state index < -0.39 is 30.0 Å². The summed E-state index contributed by atoms with van der Waals surface area (Å²) >= 11 is 0. The fourth-order valence-corrected chi connectivity index (χ4v) is 2.19. The van der Waals surface area contributed by atoms with Crippen LogP contribution < -0.4 is 5.73 Å². The van der Waals surface area contributed by atoms with E-state index in [1.807, 2.05) is 0 Å². The molecule has 116 valence electrons. The van der Waals surface area contributed by atoms with Gasteiger partial charge in [-0.25, -0.2) is 0 Å². The summed E-state index contributed by atoms with van der Waals surface area (Å²) in [6.07, 6.45) is -4.19. The highest BCUT2D eigenvalue weighted by atomic mass is 35.5. The Morgan fingerprint density at radius 2 is 1.26 bits per heavy atom. The van der Waals surface area contributed by atoms with E-state index in [2.05, 4.69) is 0 Å². The second-order valence-electron chi connectivity index (χ2n) is 4.62. The van der Waals surface area contributed by atoms with Crippen molar-refractivity contribution in [2.45, 2.75) is 56.2 Å². The van der Waals surface area contributed by atoms with Crippen molar-refractivity contribution >= 4 is 12.4 Å². The van der Waals surface area contributed by atoms with Crippen LogP contribution in [0.25, 0.3) is 0 Å². The summed E-state index contributed by atoms with van der Waals surface area (Å²) in [6, 6.07) is -2.48. The molecule has 0 radical (unpaired) electrons. The van der Waals surface area contributed by atoms with Crippen molar-refractivity contribution in [1.82, 2.24) is 0 Å². The lowest BCUT2D eigenvalue weighted by Gasteiger charge is -2.37. The normalized spacial score (nSPS) is 20.8. The summed E-state index contributed by atoms with van der Waals surface area (Å²) in [5.74, 6) is -12.4. The van der Waals surface area contributed by atoms with Crippen LogP contribution in [0.3, 0.4) is 0 Å². The molecule has 1 nitrogen and oxygen atoms in total. The number of alkyl halides is 7. The fraction of sp³-hybridized carbons (Fsp3) is 1.00. The molecule has 1 rings (SSSR count). The molecule has 2 N–H and O–H groups in total. The first-order valence-electron chi connectivity index (χ1n) is 5.59. The first-order chi connectivity index (χ1) is 8.02. The Morgan fingerprint density at radius 1 is 0.842 bits per heavy atom. The van der Waals surface area contributed by atoms with Crippen molar-refractivity contribution in [2.24, 2.45) is 11.7 Å². The van der Waals surface area contributed by atoms with Crippen LogP contribution >= 0.6 is 12.4 Å². The third-order valence-corrected chi connectivity index (χ3v) is 3.35. The van der Waals surface area contributed by atoms with Crippen LogP contribution in [-0.4, -0.2) is 24.1 Å². The molecule has 0 amide bonds. The van der Waals surface area contributed by atoms with E-state index in [0.717, 1.165) is 6.42 Å². The maximum atomic E-state index is 13.3. The number of halogens is 8. The minimum atomic E-state index is -6.30. The van der Waals surface area contributed by atoms with E-state index in [1.54, 1.807) is 0 Å². The third kappa shape index (κ3) is 3.45. The molecule has 0 aromatic carbocycles. The molecule has 1 fully saturated rings. The zero-order valence-corrected chi connectivity index (χ0v) is 10.6. The lowest BCUT2D eigenvalue weighted by molar-refractivity contribution is -0.361. The molecule has 0 aromatic heterocycles. The highest BCUT2D eigenvalue weighted by Gasteiger charge is 2.75. The van der Waals surface area contributed by atoms with Gasteiger partial charge in [-0.3, -0.25) is 0 Å². The van der Waals surface area contributed by atoms with E-state index in [0.29, 0.717) is 12.8 Å². The molecule has 1 aliphatic rings. The SMILES string of the molecule is Cl.N[C@@H](C1CCCCC1)C(F)(F)C(F)(F)C(F)(F)F. The molecular weight excluding hydrogens is 303 g/mol. The zero-order chi connectivity index (χ0) is 14.2. The number of hydrogen-bond acceptors (Lipinski definition) is 1. The highest BCUT2D eigenvalue weighted by molar-refractivity contribution is 5.85. The number of nitrogens with two attached hydrogens (primary N) is 1. The summed E-state index contributed by atoms with van der Waals surface area (Å²) in [4.78, 5) is 0. The molecule has 0 aromatic rings. The average molecular weight is 318 g/mol. The minimum Gasteiger partial charge on any atom is -0.322 e. The van der Waals surface area contributed by atoms with E-state index >= 15 is 0 Å². The van der Waals surface area contributed by atoms with Gasteiger partial charge in [0.2, 0.25) is 0 Å². The zero-order valence-electron chi connectivity index (χ0n) is 9.82. The van der Waals surface area contributed by atoms with Gasteiger partial charge in [0.15, 0.2) is 0 Å². The highest BCUT2D eigenvalue weighted by Crippen LogP contribution is 2.49. The van der Waals surface area contributed by atoms with Crippen molar-refractivity contribution < 1.29 is 30.7 Å². The van der Waals surface area contributed by atoms with Crippen molar-refractivity contribution in [3.8, 4) is 0 Å². The smallest absolute Gasteiger partial charge is 0.322 e. The lowest BCUT2D eigenvalue weighted by Crippen LogP contribution is -2.62. The largest absolute Gasteiger partial charge is 0.459 e. The molecule has 0 bridgehead atoms. The van der Waals surface area contributed by atoms with Gasteiger partial charge in [-0.05, 0) is 18.8 Å². The maximum absolute atomic E-state index is 13.3. The van der Waals surface area contributed by atoms with Gasteiger partial charge in [0, 0.05) is 0 Å². The molecule has 1 aliphatic carbocycles. The van der Waals surface area contributed by atoms with Gasteiger partial charge >= 0.3 is 18.0 Å². The Labute approximate surface area is 112 Å². The van der Waals surface area contributed by atoms with Crippen LogP contribution in [-0.2, 0) is 0 Å². The Kier molecular flexibility index (Phi) is 5.96. The second kappa shape index (κ2) is 6.03. The second-order valence-corrected chi connectivity index (χ2v) is 4.62. The molecule has 1 saturated carbocycles. The van der Waals surface area contributed by atoms with Crippen LogP contribution in [0.2, 0.25) is 0 Å². The predicted molar refractivity (Wildman–Crippen MR) is 57.7 cm³/mol. The van der Waals surface area contributed by atoms with Crippen LogP contribution in [0, 0.1) is 5.92 Å². The fourth-order valence-electron chi connectivity index (χ4n) is 2.19. The molecule has 19 heavy (non-hydrogen) atoms. The quantitative estimate of drug-likeness (QED) is 0.778. The minimum absolute atomic E-state index is 0. The predicted octanol–water partition coefficient (Wildman–Crippen LogP) is 4.15. The van der Waals surface area contributed by atoms with Gasteiger partial charge in [0.05, 0.1) is 6.04 Å². The topological polar surface area (TPSA) is 26.0 Å². The summed E-state index contributed by atoms with van der Waals surface area (Å²) in [6.45, 7) is 0. The first-order valence-corrected chi connectivity index (χ1v) is 5.59. The van der Waals surface area contributed by atoms with E-state index in [1.165, 1.54) is 0 Å².